The molecule has 0 atom stereocenters. The van der Waals surface area contributed by atoms with Crippen molar-refractivity contribution in [2.24, 2.45) is 7.05 Å². The summed E-state index contributed by atoms with van der Waals surface area (Å²) in [5, 5.41) is 20.4. The van der Waals surface area contributed by atoms with Gasteiger partial charge in [-0.2, -0.15) is 4.80 Å². The van der Waals surface area contributed by atoms with E-state index >= 15 is 0 Å². The number of unbranched alkanes of at least 4 members (excludes halogenated alkanes) is 2. The minimum absolute atomic E-state index is 0.287. The number of nitrogens with zero attached hydrogens (tertiary/aromatic N) is 5. The fourth-order valence-electron chi connectivity index (χ4n) is 1.38. The van der Waals surface area contributed by atoms with E-state index in [1.54, 1.807) is 7.05 Å². The molecule has 15 heavy (non-hydrogen) atoms. The monoisotopic (exact) mass is 213 g/mol. The Morgan fingerprint density at radius 2 is 2.13 bits per heavy atom. The first-order valence-corrected chi connectivity index (χ1v) is 5.24. The lowest BCUT2D eigenvalue weighted by molar-refractivity contribution is 0.269. The van der Waals surface area contributed by atoms with E-state index in [4.69, 9.17) is 5.11 Å². The summed E-state index contributed by atoms with van der Waals surface area (Å²) in [5.74, 6) is 0.752. The molecule has 0 saturated heterocycles. The Morgan fingerprint density at radius 1 is 1.33 bits per heavy atom. The van der Waals surface area contributed by atoms with Crippen LogP contribution in [0.5, 0.6) is 0 Å². The van der Waals surface area contributed by atoms with E-state index in [0.717, 1.165) is 38.2 Å². The van der Waals surface area contributed by atoms with Crippen LogP contribution in [0.25, 0.3) is 0 Å². The van der Waals surface area contributed by atoms with Crippen molar-refractivity contribution < 1.29 is 5.11 Å². The molecule has 1 heterocycles. The molecule has 6 nitrogen and oxygen atoms in total. The zero-order chi connectivity index (χ0) is 11.1. The summed E-state index contributed by atoms with van der Waals surface area (Å²) >= 11 is 0. The van der Waals surface area contributed by atoms with Crippen molar-refractivity contribution in [1.82, 2.24) is 25.1 Å². The van der Waals surface area contributed by atoms with Crippen molar-refractivity contribution in [3.05, 3.63) is 5.82 Å². The van der Waals surface area contributed by atoms with Gasteiger partial charge in [-0.15, -0.1) is 10.2 Å². The molecule has 1 N–H and O–H groups in total. The summed E-state index contributed by atoms with van der Waals surface area (Å²) in [6.45, 7) is 2.01. The molecule has 1 aromatic heterocycles. The summed E-state index contributed by atoms with van der Waals surface area (Å²) in [6.07, 6.45) is 3.04. The molecule has 0 aliphatic carbocycles. The molecule has 0 saturated carbocycles. The van der Waals surface area contributed by atoms with E-state index in [1.165, 1.54) is 4.80 Å². The second kappa shape index (κ2) is 6.47. The van der Waals surface area contributed by atoms with Crippen molar-refractivity contribution in [2.45, 2.75) is 25.8 Å². The quantitative estimate of drug-likeness (QED) is 0.636. The molecule has 1 aromatic rings. The van der Waals surface area contributed by atoms with Gasteiger partial charge in [0.1, 0.15) is 0 Å². The lowest BCUT2D eigenvalue weighted by atomic mass is 10.2. The highest BCUT2D eigenvalue weighted by Gasteiger charge is 2.04. The fourth-order valence-corrected chi connectivity index (χ4v) is 1.38. The molecule has 0 unspecified atom stereocenters. The second-order valence-corrected chi connectivity index (χ2v) is 3.72. The van der Waals surface area contributed by atoms with Crippen molar-refractivity contribution in [2.75, 3.05) is 20.2 Å². The molecule has 0 amide bonds. The normalized spacial score (nSPS) is 11.2. The van der Waals surface area contributed by atoms with Crippen LogP contribution in [0.15, 0.2) is 0 Å². The molecule has 0 fully saturated rings. The Hall–Kier alpha value is -1.01. The van der Waals surface area contributed by atoms with E-state index in [2.05, 4.69) is 20.3 Å². The van der Waals surface area contributed by atoms with E-state index in [0.29, 0.717) is 0 Å². The zero-order valence-corrected chi connectivity index (χ0v) is 9.43. The van der Waals surface area contributed by atoms with Gasteiger partial charge in [-0.25, -0.2) is 0 Å². The van der Waals surface area contributed by atoms with Crippen LogP contribution >= 0.6 is 0 Å². The summed E-state index contributed by atoms with van der Waals surface area (Å²) in [4.78, 5) is 3.63. The Bertz CT molecular complexity index is 275. The standard InChI is InChI=1S/C9H19N5O/c1-13(6-4-3-5-7-15)8-9-10-12-14(2)11-9/h15H,3-8H2,1-2H3. The molecule has 86 valence electrons. The highest BCUT2D eigenvalue weighted by atomic mass is 16.2. The number of aryl methyl sites for hydroxylation is 1. The molecule has 1 rings (SSSR count). The maximum Gasteiger partial charge on any atom is 0.188 e. The number of aliphatic hydroxyl groups excluding tert-OH is 1. The Morgan fingerprint density at radius 3 is 2.73 bits per heavy atom. The van der Waals surface area contributed by atoms with E-state index in [9.17, 15) is 0 Å². The van der Waals surface area contributed by atoms with Gasteiger partial charge in [0, 0.05) is 6.61 Å². The molecule has 0 aliphatic rings. The van der Waals surface area contributed by atoms with Gasteiger partial charge in [0.2, 0.25) is 0 Å². The molecule has 0 spiro atoms. The van der Waals surface area contributed by atoms with Gasteiger partial charge in [0.05, 0.1) is 13.6 Å². The average Bonchev–Trinajstić information content (AvgIpc) is 2.59. The number of aromatic nitrogens is 4. The predicted molar refractivity (Wildman–Crippen MR) is 56.1 cm³/mol. The van der Waals surface area contributed by atoms with Gasteiger partial charge in [-0.3, -0.25) is 4.90 Å². The Balaban J connectivity index is 2.15. The molecular formula is C9H19N5O. The van der Waals surface area contributed by atoms with Gasteiger partial charge < -0.3 is 5.11 Å². The predicted octanol–water partition coefficient (Wildman–Crippen LogP) is -0.196. The molecule has 0 radical (unpaired) electrons. The minimum atomic E-state index is 0.287. The molecule has 0 aromatic carbocycles. The van der Waals surface area contributed by atoms with E-state index < -0.39 is 0 Å². The van der Waals surface area contributed by atoms with Crippen LogP contribution in [0.3, 0.4) is 0 Å². The summed E-state index contributed by atoms with van der Waals surface area (Å²) in [5.41, 5.74) is 0. The van der Waals surface area contributed by atoms with Crippen LogP contribution in [-0.2, 0) is 13.6 Å². The average molecular weight is 213 g/mol. The topological polar surface area (TPSA) is 67.1 Å². The van der Waals surface area contributed by atoms with E-state index in [1.807, 2.05) is 7.05 Å². The third-order valence-electron chi connectivity index (χ3n) is 2.16. The van der Waals surface area contributed by atoms with Crippen LogP contribution in [-0.4, -0.2) is 50.4 Å². The first kappa shape index (κ1) is 12.1. The minimum Gasteiger partial charge on any atom is -0.396 e. The van der Waals surface area contributed by atoms with Crippen molar-refractivity contribution in [3.8, 4) is 0 Å². The third-order valence-corrected chi connectivity index (χ3v) is 2.16. The maximum absolute atomic E-state index is 8.62. The van der Waals surface area contributed by atoms with Crippen molar-refractivity contribution in [3.63, 3.8) is 0 Å². The van der Waals surface area contributed by atoms with Gasteiger partial charge in [0.25, 0.3) is 0 Å². The number of tetrazole rings is 1. The lowest BCUT2D eigenvalue weighted by Crippen LogP contribution is -2.20. The fraction of sp³-hybridized carbons (Fsp3) is 0.889. The smallest absolute Gasteiger partial charge is 0.188 e. The first-order valence-electron chi connectivity index (χ1n) is 5.24. The number of rotatable bonds is 7. The van der Waals surface area contributed by atoms with Crippen LogP contribution < -0.4 is 0 Å². The number of hydrogen-bond donors (Lipinski definition) is 1. The van der Waals surface area contributed by atoms with Crippen LogP contribution in [0.2, 0.25) is 0 Å². The van der Waals surface area contributed by atoms with Gasteiger partial charge in [-0.05, 0) is 38.1 Å². The lowest BCUT2D eigenvalue weighted by Gasteiger charge is -2.13. The first-order chi connectivity index (χ1) is 7.22. The summed E-state index contributed by atoms with van der Waals surface area (Å²) < 4.78 is 0. The van der Waals surface area contributed by atoms with Gasteiger partial charge in [0.15, 0.2) is 5.82 Å². The van der Waals surface area contributed by atoms with E-state index in [-0.39, 0.29) is 6.61 Å². The van der Waals surface area contributed by atoms with Crippen molar-refractivity contribution >= 4 is 0 Å². The second-order valence-electron chi connectivity index (χ2n) is 3.72. The van der Waals surface area contributed by atoms with Crippen LogP contribution in [0.1, 0.15) is 25.1 Å². The molecule has 0 bridgehead atoms. The molecular weight excluding hydrogens is 194 g/mol. The number of aliphatic hydroxyl groups is 1. The maximum atomic E-state index is 8.62. The molecule has 0 aliphatic heterocycles. The zero-order valence-electron chi connectivity index (χ0n) is 9.43. The van der Waals surface area contributed by atoms with Crippen LogP contribution in [0.4, 0.5) is 0 Å². The Labute approximate surface area is 89.9 Å². The summed E-state index contributed by atoms with van der Waals surface area (Å²) in [6, 6.07) is 0. The summed E-state index contributed by atoms with van der Waals surface area (Å²) in [7, 11) is 3.80. The van der Waals surface area contributed by atoms with Crippen molar-refractivity contribution in [1.29, 1.82) is 0 Å². The highest BCUT2D eigenvalue weighted by Crippen LogP contribution is 1.99. The highest BCUT2D eigenvalue weighted by molar-refractivity contribution is 4.75. The third kappa shape index (κ3) is 4.85. The number of hydrogen-bond acceptors (Lipinski definition) is 5. The SMILES string of the molecule is CN(CCCCCO)Cc1nnn(C)n1. The van der Waals surface area contributed by atoms with Gasteiger partial charge in [-0.1, -0.05) is 0 Å². The van der Waals surface area contributed by atoms with Crippen LogP contribution in [0, 0.1) is 0 Å². The Kier molecular flexibility index (Phi) is 5.20. The largest absolute Gasteiger partial charge is 0.396 e. The van der Waals surface area contributed by atoms with Gasteiger partial charge >= 0.3 is 0 Å². The molecule has 6 heteroatoms.